The van der Waals surface area contributed by atoms with Gasteiger partial charge in [0.25, 0.3) is 0 Å². The van der Waals surface area contributed by atoms with Gasteiger partial charge in [0.05, 0.1) is 18.1 Å². The predicted octanol–water partition coefficient (Wildman–Crippen LogP) is 2.44. The van der Waals surface area contributed by atoms with Gasteiger partial charge >= 0.3 is 0 Å². The number of nitrogen functional groups attached to an aromatic ring is 1. The van der Waals surface area contributed by atoms with Gasteiger partial charge in [-0.3, -0.25) is 0 Å². The van der Waals surface area contributed by atoms with Crippen LogP contribution in [-0.2, 0) is 0 Å². The molecule has 1 heterocycles. The van der Waals surface area contributed by atoms with E-state index in [1.54, 1.807) is 12.4 Å². The molecule has 0 radical (unpaired) electrons. The van der Waals surface area contributed by atoms with Crippen molar-refractivity contribution in [1.82, 2.24) is 9.97 Å². The van der Waals surface area contributed by atoms with Crippen molar-refractivity contribution < 1.29 is 0 Å². The van der Waals surface area contributed by atoms with Crippen molar-refractivity contribution in [2.24, 2.45) is 5.92 Å². The molecule has 16 heavy (non-hydrogen) atoms. The van der Waals surface area contributed by atoms with Crippen molar-refractivity contribution >= 4 is 11.6 Å². The Morgan fingerprint density at radius 2 is 1.94 bits per heavy atom. The molecule has 0 amide bonds. The SMILES string of the molecule is CC1CCCC(Nc2ncc(N)cn2)CC1. The van der Waals surface area contributed by atoms with E-state index in [2.05, 4.69) is 22.2 Å². The first-order chi connectivity index (χ1) is 7.74. The smallest absolute Gasteiger partial charge is 0.222 e. The van der Waals surface area contributed by atoms with Crippen LogP contribution in [0.2, 0.25) is 0 Å². The maximum atomic E-state index is 5.55. The second-order valence-corrected chi connectivity index (χ2v) is 4.79. The molecular weight excluding hydrogens is 200 g/mol. The van der Waals surface area contributed by atoms with Gasteiger partial charge in [-0.2, -0.15) is 0 Å². The highest BCUT2D eigenvalue weighted by molar-refractivity contribution is 5.36. The van der Waals surface area contributed by atoms with Gasteiger partial charge in [0.1, 0.15) is 0 Å². The summed E-state index contributed by atoms with van der Waals surface area (Å²) in [5.74, 6) is 1.56. The zero-order valence-corrected chi connectivity index (χ0v) is 9.82. The van der Waals surface area contributed by atoms with Crippen molar-refractivity contribution in [3.05, 3.63) is 12.4 Å². The van der Waals surface area contributed by atoms with Gasteiger partial charge in [-0.25, -0.2) is 9.97 Å². The average Bonchev–Trinajstić information content (AvgIpc) is 2.47. The minimum atomic E-state index is 0.522. The van der Waals surface area contributed by atoms with Gasteiger partial charge in [0, 0.05) is 6.04 Å². The zero-order valence-electron chi connectivity index (χ0n) is 9.82. The van der Waals surface area contributed by atoms with E-state index in [1.165, 1.54) is 32.1 Å². The van der Waals surface area contributed by atoms with Crippen LogP contribution in [0.4, 0.5) is 11.6 Å². The Labute approximate surface area is 96.7 Å². The fraction of sp³-hybridized carbons (Fsp3) is 0.667. The molecule has 4 nitrogen and oxygen atoms in total. The molecule has 1 saturated carbocycles. The number of hydrogen-bond acceptors (Lipinski definition) is 4. The first-order valence-electron chi connectivity index (χ1n) is 6.08. The minimum absolute atomic E-state index is 0.522. The minimum Gasteiger partial charge on any atom is -0.396 e. The average molecular weight is 220 g/mol. The van der Waals surface area contributed by atoms with Crippen LogP contribution >= 0.6 is 0 Å². The molecule has 2 rings (SSSR count). The monoisotopic (exact) mass is 220 g/mol. The molecule has 2 atom stereocenters. The summed E-state index contributed by atoms with van der Waals surface area (Å²) >= 11 is 0. The second kappa shape index (κ2) is 5.14. The van der Waals surface area contributed by atoms with Crippen molar-refractivity contribution in [3.63, 3.8) is 0 Å². The van der Waals surface area contributed by atoms with E-state index in [9.17, 15) is 0 Å². The van der Waals surface area contributed by atoms with Crippen LogP contribution < -0.4 is 11.1 Å². The Hall–Kier alpha value is -1.32. The van der Waals surface area contributed by atoms with E-state index in [-0.39, 0.29) is 0 Å². The van der Waals surface area contributed by atoms with Gasteiger partial charge in [0.15, 0.2) is 0 Å². The molecule has 3 N–H and O–H groups in total. The molecule has 1 aromatic heterocycles. The number of rotatable bonds is 2. The van der Waals surface area contributed by atoms with E-state index < -0.39 is 0 Å². The van der Waals surface area contributed by atoms with Crippen LogP contribution in [0.3, 0.4) is 0 Å². The van der Waals surface area contributed by atoms with Crippen molar-refractivity contribution in [3.8, 4) is 0 Å². The van der Waals surface area contributed by atoms with Gasteiger partial charge in [-0.15, -0.1) is 0 Å². The highest BCUT2D eigenvalue weighted by Gasteiger charge is 2.16. The Balaban J connectivity index is 1.91. The molecule has 0 saturated heterocycles. The highest BCUT2D eigenvalue weighted by Crippen LogP contribution is 2.24. The van der Waals surface area contributed by atoms with E-state index in [0.29, 0.717) is 17.7 Å². The molecule has 0 aliphatic heterocycles. The van der Waals surface area contributed by atoms with Gasteiger partial charge in [-0.05, 0) is 25.2 Å². The van der Waals surface area contributed by atoms with Crippen molar-refractivity contribution in [1.29, 1.82) is 0 Å². The predicted molar refractivity (Wildman–Crippen MR) is 66.1 cm³/mol. The molecule has 0 bridgehead atoms. The standard InChI is InChI=1S/C12H20N4/c1-9-3-2-4-11(6-5-9)16-12-14-7-10(13)8-15-12/h7-9,11H,2-6,13H2,1H3,(H,14,15,16). The van der Waals surface area contributed by atoms with E-state index in [1.807, 2.05) is 0 Å². The van der Waals surface area contributed by atoms with E-state index in [4.69, 9.17) is 5.73 Å². The van der Waals surface area contributed by atoms with Crippen LogP contribution in [0.15, 0.2) is 12.4 Å². The quantitative estimate of drug-likeness (QED) is 0.751. The Kier molecular flexibility index (Phi) is 3.59. The molecule has 1 aliphatic rings. The number of aromatic nitrogens is 2. The van der Waals surface area contributed by atoms with Crippen LogP contribution in [0.5, 0.6) is 0 Å². The Bertz CT molecular complexity index is 322. The lowest BCUT2D eigenvalue weighted by atomic mass is 10.0. The van der Waals surface area contributed by atoms with Gasteiger partial charge in [-0.1, -0.05) is 19.8 Å². The summed E-state index contributed by atoms with van der Waals surface area (Å²) in [4.78, 5) is 8.35. The largest absolute Gasteiger partial charge is 0.396 e. The number of hydrogen-bond donors (Lipinski definition) is 2. The first kappa shape index (κ1) is 11.2. The Morgan fingerprint density at radius 1 is 1.19 bits per heavy atom. The number of nitrogens with zero attached hydrogens (tertiary/aromatic N) is 2. The number of nitrogens with two attached hydrogens (primary N) is 1. The third kappa shape index (κ3) is 3.08. The van der Waals surface area contributed by atoms with Crippen molar-refractivity contribution in [2.75, 3.05) is 11.1 Å². The molecular formula is C12H20N4. The fourth-order valence-electron chi connectivity index (χ4n) is 2.23. The molecule has 2 unspecified atom stereocenters. The van der Waals surface area contributed by atoms with Crippen LogP contribution in [0.1, 0.15) is 39.0 Å². The van der Waals surface area contributed by atoms with E-state index in [0.717, 1.165) is 5.92 Å². The number of anilines is 2. The normalized spacial score (nSPS) is 26.1. The lowest BCUT2D eigenvalue weighted by molar-refractivity contribution is 0.501. The second-order valence-electron chi connectivity index (χ2n) is 4.79. The van der Waals surface area contributed by atoms with Crippen LogP contribution in [0.25, 0.3) is 0 Å². The molecule has 1 fully saturated rings. The van der Waals surface area contributed by atoms with Gasteiger partial charge < -0.3 is 11.1 Å². The molecule has 1 aromatic rings. The third-order valence-corrected chi connectivity index (χ3v) is 3.26. The fourth-order valence-corrected chi connectivity index (χ4v) is 2.23. The summed E-state index contributed by atoms with van der Waals surface area (Å²) in [5.41, 5.74) is 6.16. The lowest BCUT2D eigenvalue weighted by Gasteiger charge is -2.15. The molecule has 0 spiro atoms. The lowest BCUT2D eigenvalue weighted by Crippen LogP contribution is -2.20. The summed E-state index contributed by atoms with van der Waals surface area (Å²) in [6, 6.07) is 0.522. The summed E-state index contributed by atoms with van der Waals surface area (Å²) < 4.78 is 0. The molecule has 0 aromatic carbocycles. The topological polar surface area (TPSA) is 63.8 Å². The molecule has 1 aliphatic carbocycles. The third-order valence-electron chi connectivity index (χ3n) is 3.26. The summed E-state index contributed by atoms with van der Waals surface area (Å²) in [5, 5.41) is 3.39. The van der Waals surface area contributed by atoms with Crippen LogP contribution in [0, 0.1) is 5.92 Å². The van der Waals surface area contributed by atoms with Gasteiger partial charge in [0.2, 0.25) is 5.95 Å². The van der Waals surface area contributed by atoms with Crippen LogP contribution in [-0.4, -0.2) is 16.0 Å². The zero-order chi connectivity index (χ0) is 11.4. The maximum absolute atomic E-state index is 5.55. The summed E-state index contributed by atoms with van der Waals surface area (Å²) in [6.07, 6.45) is 9.68. The molecule has 88 valence electrons. The molecule has 4 heteroatoms. The maximum Gasteiger partial charge on any atom is 0.222 e. The summed E-state index contributed by atoms with van der Waals surface area (Å²) in [6.45, 7) is 2.34. The highest BCUT2D eigenvalue weighted by atomic mass is 15.1. The first-order valence-corrected chi connectivity index (χ1v) is 6.08. The van der Waals surface area contributed by atoms with Crippen molar-refractivity contribution in [2.45, 2.75) is 45.1 Å². The number of nitrogens with one attached hydrogen (secondary N) is 1. The van der Waals surface area contributed by atoms with E-state index >= 15 is 0 Å². The Morgan fingerprint density at radius 3 is 2.69 bits per heavy atom. The summed E-state index contributed by atoms with van der Waals surface area (Å²) in [7, 11) is 0.